The van der Waals surface area contributed by atoms with Crippen LogP contribution in [0.3, 0.4) is 0 Å². The normalized spacial score (nSPS) is 18.5. The highest BCUT2D eigenvalue weighted by molar-refractivity contribution is 6.30. The number of carbonyl (C=O) groups is 1. The summed E-state index contributed by atoms with van der Waals surface area (Å²) in [7, 11) is 0. The molecular formula is C15H20ClNO2. The number of carbonyl (C=O) groups excluding carboxylic acids is 1. The minimum atomic E-state index is -0.417. The topological polar surface area (TPSA) is 49.3 Å². The van der Waals surface area contributed by atoms with Crippen molar-refractivity contribution in [1.29, 1.82) is 0 Å². The largest absolute Gasteiger partial charge is 0.396 e. The summed E-state index contributed by atoms with van der Waals surface area (Å²) in [6, 6.07) is 7.57. The van der Waals surface area contributed by atoms with E-state index in [9.17, 15) is 4.79 Å². The molecule has 0 spiro atoms. The fraction of sp³-hybridized carbons (Fsp3) is 0.533. The summed E-state index contributed by atoms with van der Waals surface area (Å²) >= 11 is 6.02. The molecule has 1 aromatic carbocycles. The van der Waals surface area contributed by atoms with Crippen LogP contribution in [-0.2, 0) is 10.2 Å². The molecule has 1 saturated carbocycles. The van der Waals surface area contributed by atoms with Crippen molar-refractivity contribution in [1.82, 2.24) is 5.32 Å². The number of aliphatic hydroxyl groups excluding tert-OH is 1. The lowest BCUT2D eigenvalue weighted by Gasteiger charge is -2.41. The molecule has 3 nitrogen and oxygen atoms in total. The van der Waals surface area contributed by atoms with Crippen molar-refractivity contribution >= 4 is 17.5 Å². The van der Waals surface area contributed by atoms with E-state index in [0.717, 1.165) is 24.8 Å². The van der Waals surface area contributed by atoms with Gasteiger partial charge in [0.1, 0.15) is 0 Å². The van der Waals surface area contributed by atoms with E-state index in [-0.39, 0.29) is 18.4 Å². The Hall–Kier alpha value is -1.06. The molecule has 4 heteroatoms. The molecule has 1 fully saturated rings. The quantitative estimate of drug-likeness (QED) is 0.871. The van der Waals surface area contributed by atoms with Gasteiger partial charge in [0.15, 0.2) is 0 Å². The van der Waals surface area contributed by atoms with E-state index in [1.54, 1.807) is 0 Å². The second-order valence-electron chi connectivity index (χ2n) is 5.44. The van der Waals surface area contributed by atoms with Crippen molar-refractivity contribution in [3.63, 3.8) is 0 Å². The summed E-state index contributed by atoms with van der Waals surface area (Å²) in [5.74, 6) is 0.141. The molecule has 0 aromatic heterocycles. The van der Waals surface area contributed by atoms with Gasteiger partial charge in [0.25, 0.3) is 0 Å². The molecule has 0 heterocycles. The van der Waals surface area contributed by atoms with E-state index in [0.29, 0.717) is 11.6 Å². The zero-order valence-electron chi connectivity index (χ0n) is 11.2. The second-order valence-corrected chi connectivity index (χ2v) is 5.88. The first-order valence-corrected chi connectivity index (χ1v) is 7.11. The standard InChI is InChI=1S/C15H20ClNO2/c1-11(10-18)9-17-14(19)15(6-3-7-15)12-4-2-5-13(16)8-12/h2,4-5,8,11,18H,3,6-7,9-10H2,1H3,(H,17,19). The minimum absolute atomic E-state index is 0.0568. The number of aliphatic hydroxyl groups is 1. The van der Waals surface area contributed by atoms with Gasteiger partial charge < -0.3 is 10.4 Å². The third kappa shape index (κ3) is 2.93. The van der Waals surface area contributed by atoms with Crippen molar-refractivity contribution in [2.45, 2.75) is 31.6 Å². The van der Waals surface area contributed by atoms with E-state index in [1.807, 2.05) is 31.2 Å². The van der Waals surface area contributed by atoms with Gasteiger partial charge in [-0.15, -0.1) is 0 Å². The Morgan fingerprint density at radius 2 is 2.26 bits per heavy atom. The van der Waals surface area contributed by atoms with Gasteiger partial charge in [0.05, 0.1) is 5.41 Å². The first kappa shape index (κ1) is 14.4. The zero-order chi connectivity index (χ0) is 13.9. The molecule has 0 radical (unpaired) electrons. The van der Waals surface area contributed by atoms with Crippen molar-refractivity contribution in [2.75, 3.05) is 13.2 Å². The van der Waals surface area contributed by atoms with Crippen LogP contribution in [0.15, 0.2) is 24.3 Å². The van der Waals surface area contributed by atoms with E-state index in [1.165, 1.54) is 0 Å². The Labute approximate surface area is 119 Å². The highest BCUT2D eigenvalue weighted by Gasteiger charge is 2.45. The minimum Gasteiger partial charge on any atom is -0.396 e. The Morgan fingerprint density at radius 1 is 1.53 bits per heavy atom. The molecule has 0 aliphatic heterocycles. The van der Waals surface area contributed by atoms with E-state index >= 15 is 0 Å². The Morgan fingerprint density at radius 3 is 2.79 bits per heavy atom. The first-order chi connectivity index (χ1) is 9.08. The van der Waals surface area contributed by atoms with Gasteiger partial charge in [-0.2, -0.15) is 0 Å². The predicted molar refractivity (Wildman–Crippen MR) is 76.2 cm³/mol. The summed E-state index contributed by atoms with van der Waals surface area (Å²) in [5, 5.41) is 12.6. The maximum atomic E-state index is 12.4. The highest BCUT2D eigenvalue weighted by Crippen LogP contribution is 2.44. The fourth-order valence-corrected chi connectivity index (χ4v) is 2.65. The van der Waals surface area contributed by atoms with E-state index < -0.39 is 5.41 Å². The number of nitrogens with one attached hydrogen (secondary N) is 1. The van der Waals surface area contributed by atoms with Gasteiger partial charge in [0.2, 0.25) is 5.91 Å². The zero-order valence-corrected chi connectivity index (χ0v) is 11.9. The van der Waals surface area contributed by atoms with Crippen LogP contribution in [0.4, 0.5) is 0 Å². The average Bonchev–Trinajstić information content (AvgIpc) is 2.34. The van der Waals surface area contributed by atoms with Crippen molar-refractivity contribution in [2.24, 2.45) is 5.92 Å². The average molecular weight is 282 g/mol. The third-order valence-corrected chi connectivity index (χ3v) is 4.18. The lowest BCUT2D eigenvalue weighted by Crippen LogP contribution is -2.50. The van der Waals surface area contributed by atoms with Crippen LogP contribution in [0.1, 0.15) is 31.7 Å². The van der Waals surface area contributed by atoms with Crippen LogP contribution < -0.4 is 5.32 Å². The maximum absolute atomic E-state index is 12.4. The van der Waals surface area contributed by atoms with Crippen LogP contribution >= 0.6 is 11.6 Å². The smallest absolute Gasteiger partial charge is 0.230 e. The van der Waals surface area contributed by atoms with Crippen LogP contribution in [-0.4, -0.2) is 24.2 Å². The molecular weight excluding hydrogens is 262 g/mol. The monoisotopic (exact) mass is 281 g/mol. The lowest BCUT2D eigenvalue weighted by molar-refractivity contribution is -0.130. The highest BCUT2D eigenvalue weighted by atomic mass is 35.5. The van der Waals surface area contributed by atoms with Gasteiger partial charge in [0, 0.05) is 18.2 Å². The van der Waals surface area contributed by atoms with Gasteiger partial charge in [-0.1, -0.05) is 37.1 Å². The molecule has 0 saturated heterocycles. The van der Waals surface area contributed by atoms with Crippen LogP contribution in [0.25, 0.3) is 0 Å². The Balaban J connectivity index is 2.12. The SMILES string of the molecule is CC(CO)CNC(=O)C1(c2cccc(Cl)c2)CCC1. The van der Waals surface area contributed by atoms with Gasteiger partial charge in [-0.05, 0) is 36.5 Å². The van der Waals surface area contributed by atoms with Crippen molar-refractivity contribution < 1.29 is 9.90 Å². The second kappa shape index (κ2) is 5.93. The molecule has 1 unspecified atom stereocenters. The van der Waals surface area contributed by atoms with Crippen LogP contribution in [0.2, 0.25) is 5.02 Å². The number of hydrogen-bond donors (Lipinski definition) is 2. The predicted octanol–water partition coefficient (Wildman–Crippen LogP) is 2.51. The number of benzene rings is 1. The molecule has 1 aliphatic carbocycles. The Bertz CT molecular complexity index is 457. The lowest BCUT2D eigenvalue weighted by atomic mass is 9.64. The first-order valence-electron chi connectivity index (χ1n) is 6.74. The Kier molecular flexibility index (Phi) is 4.48. The summed E-state index contributed by atoms with van der Waals surface area (Å²) in [6.07, 6.45) is 2.80. The van der Waals surface area contributed by atoms with Gasteiger partial charge >= 0.3 is 0 Å². The maximum Gasteiger partial charge on any atom is 0.230 e. The summed E-state index contributed by atoms with van der Waals surface area (Å²) in [6.45, 7) is 2.51. The van der Waals surface area contributed by atoms with E-state index in [2.05, 4.69) is 5.32 Å². The molecule has 104 valence electrons. The number of halogens is 1. The molecule has 2 N–H and O–H groups in total. The molecule has 19 heavy (non-hydrogen) atoms. The molecule has 1 amide bonds. The van der Waals surface area contributed by atoms with Crippen molar-refractivity contribution in [3.05, 3.63) is 34.9 Å². The van der Waals surface area contributed by atoms with Crippen molar-refractivity contribution in [3.8, 4) is 0 Å². The molecule has 1 aliphatic rings. The molecule has 1 atom stereocenters. The summed E-state index contributed by atoms with van der Waals surface area (Å²) in [5.41, 5.74) is 0.584. The van der Waals surface area contributed by atoms with Gasteiger partial charge in [-0.3, -0.25) is 4.79 Å². The number of amides is 1. The molecule has 2 rings (SSSR count). The van der Waals surface area contributed by atoms with E-state index in [4.69, 9.17) is 16.7 Å². The molecule has 1 aromatic rings. The number of hydrogen-bond acceptors (Lipinski definition) is 2. The number of rotatable bonds is 5. The summed E-state index contributed by atoms with van der Waals surface area (Å²) in [4.78, 5) is 12.4. The van der Waals surface area contributed by atoms with Crippen LogP contribution in [0.5, 0.6) is 0 Å². The molecule has 0 bridgehead atoms. The fourth-order valence-electron chi connectivity index (χ4n) is 2.46. The third-order valence-electron chi connectivity index (χ3n) is 3.94. The van der Waals surface area contributed by atoms with Crippen LogP contribution in [0, 0.1) is 5.92 Å². The summed E-state index contributed by atoms with van der Waals surface area (Å²) < 4.78 is 0. The van der Waals surface area contributed by atoms with Gasteiger partial charge in [-0.25, -0.2) is 0 Å².